The molecule has 4 aromatic rings. The molecule has 0 amide bonds. The number of halogens is 3. The summed E-state index contributed by atoms with van der Waals surface area (Å²) >= 11 is 6.59. The fourth-order valence-corrected chi connectivity index (χ4v) is 8.29. The van der Waals surface area contributed by atoms with E-state index in [2.05, 4.69) is 26.0 Å². The van der Waals surface area contributed by atoms with Crippen LogP contribution < -0.4 is 9.64 Å². The van der Waals surface area contributed by atoms with Crippen molar-refractivity contribution in [3.8, 4) is 23.5 Å². The van der Waals surface area contributed by atoms with Gasteiger partial charge in [0.05, 0.1) is 23.0 Å². The van der Waals surface area contributed by atoms with E-state index in [0.717, 1.165) is 43.0 Å². The van der Waals surface area contributed by atoms with Gasteiger partial charge in [0.2, 0.25) is 0 Å². The Hall–Kier alpha value is -3.81. The van der Waals surface area contributed by atoms with Gasteiger partial charge in [-0.2, -0.15) is 15.2 Å². The number of ether oxygens (including phenoxy) is 1. The first-order valence-electron chi connectivity index (χ1n) is 14.9. The van der Waals surface area contributed by atoms with Gasteiger partial charge in [-0.1, -0.05) is 41.9 Å². The summed E-state index contributed by atoms with van der Waals surface area (Å²) in [6, 6.07) is 11.4. The Morgan fingerprint density at radius 2 is 1.93 bits per heavy atom. The summed E-state index contributed by atoms with van der Waals surface area (Å²) < 4.78 is 37.4. The first kappa shape index (κ1) is 26.8. The molecule has 0 aliphatic carbocycles. The van der Waals surface area contributed by atoms with Crippen molar-refractivity contribution >= 4 is 39.1 Å². The molecule has 4 aliphatic rings. The van der Waals surface area contributed by atoms with E-state index in [4.69, 9.17) is 21.3 Å². The molecular weight excluding hydrogens is 572 g/mol. The maximum absolute atomic E-state index is 16.7. The average molecular weight is 602 g/mol. The molecule has 0 N–H and O–H groups in total. The molecule has 0 bridgehead atoms. The molecule has 2 aromatic heterocycles. The highest BCUT2D eigenvalue weighted by molar-refractivity contribution is 6.36. The lowest BCUT2D eigenvalue weighted by atomic mass is 9.95. The molecule has 11 heteroatoms. The number of fused-ring (bicyclic) bond motifs is 4. The standard InChI is InChI=1S/C32H30ClF2N7O/c33-23-7-2-5-19-4-1-6-21(26(19)23)28-27(35)29-22(15-37-28)30(42-13-9-24-25(42)8-12-40(24)18-36)39-31(38-29)43-17-32-10-3-11-41(32)16-20(34)14-32/h1-2,4-7,15,20,24-25H,3,8-14,16-17H2/t20-,24+,25+,32+/m1/s1. The molecule has 4 atom stereocenters. The van der Waals surface area contributed by atoms with Crippen molar-refractivity contribution in [2.45, 2.75) is 55.9 Å². The normalized spacial score (nSPS) is 26.8. The zero-order valence-corrected chi connectivity index (χ0v) is 24.3. The van der Waals surface area contributed by atoms with Crippen LogP contribution in [0.4, 0.5) is 14.6 Å². The number of likely N-dealkylation sites (tertiary alicyclic amines) is 1. The largest absolute Gasteiger partial charge is 0.461 e. The monoisotopic (exact) mass is 601 g/mol. The molecule has 4 fully saturated rings. The minimum atomic E-state index is -0.887. The highest BCUT2D eigenvalue weighted by Gasteiger charge is 2.49. The molecule has 8 nitrogen and oxygen atoms in total. The zero-order valence-electron chi connectivity index (χ0n) is 23.5. The van der Waals surface area contributed by atoms with Crippen molar-refractivity contribution in [1.29, 1.82) is 5.26 Å². The molecule has 4 aliphatic heterocycles. The Labute approximate surface area is 252 Å². The van der Waals surface area contributed by atoms with Gasteiger partial charge in [-0.05, 0) is 43.7 Å². The summed E-state index contributed by atoms with van der Waals surface area (Å²) in [5.41, 5.74) is 0.446. The lowest BCUT2D eigenvalue weighted by molar-refractivity contribution is 0.107. The second-order valence-corrected chi connectivity index (χ2v) is 12.6. The van der Waals surface area contributed by atoms with Crippen LogP contribution in [0.3, 0.4) is 0 Å². The summed E-state index contributed by atoms with van der Waals surface area (Å²) in [7, 11) is 0. The summed E-state index contributed by atoms with van der Waals surface area (Å²) in [6.45, 7) is 2.84. The van der Waals surface area contributed by atoms with Crippen LogP contribution in [0.2, 0.25) is 5.02 Å². The third kappa shape index (κ3) is 4.20. The van der Waals surface area contributed by atoms with Gasteiger partial charge in [-0.15, -0.1) is 0 Å². The van der Waals surface area contributed by atoms with E-state index in [0.29, 0.717) is 47.8 Å². The second-order valence-electron chi connectivity index (χ2n) is 12.2. The molecule has 0 radical (unpaired) electrons. The Balaban J connectivity index is 1.25. The van der Waals surface area contributed by atoms with Crippen LogP contribution in [-0.4, -0.2) is 81.3 Å². The minimum Gasteiger partial charge on any atom is -0.461 e. The summed E-state index contributed by atoms with van der Waals surface area (Å²) in [6.07, 6.45) is 6.92. The van der Waals surface area contributed by atoms with Gasteiger partial charge in [-0.25, -0.2) is 8.78 Å². The second kappa shape index (κ2) is 10.1. The van der Waals surface area contributed by atoms with Crippen LogP contribution in [0.25, 0.3) is 32.9 Å². The van der Waals surface area contributed by atoms with Gasteiger partial charge in [0.1, 0.15) is 29.8 Å². The van der Waals surface area contributed by atoms with Gasteiger partial charge in [0.15, 0.2) is 12.0 Å². The maximum atomic E-state index is 16.7. The van der Waals surface area contributed by atoms with Gasteiger partial charge in [0, 0.05) is 48.2 Å². The van der Waals surface area contributed by atoms with Crippen molar-refractivity contribution in [1.82, 2.24) is 24.8 Å². The first-order valence-corrected chi connectivity index (χ1v) is 15.3. The number of alkyl halides is 1. The molecule has 4 saturated heterocycles. The number of hydrogen-bond donors (Lipinski definition) is 0. The van der Waals surface area contributed by atoms with Crippen molar-refractivity contribution in [2.75, 3.05) is 37.7 Å². The predicted molar refractivity (Wildman–Crippen MR) is 160 cm³/mol. The van der Waals surface area contributed by atoms with E-state index in [1.807, 2.05) is 35.2 Å². The van der Waals surface area contributed by atoms with Crippen LogP contribution in [0, 0.1) is 17.3 Å². The van der Waals surface area contributed by atoms with Crippen molar-refractivity contribution in [3.63, 3.8) is 0 Å². The highest BCUT2D eigenvalue weighted by Crippen LogP contribution is 2.42. The van der Waals surface area contributed by atoms with Crippen LogP contribution in [-0.2, 0) is 0 Å². The maximum Gasteiger partial charge on any atom is 0.319 e. The third-order valence-electron chi connectivity index (χ3n) is 9.96. The zero-order chi connectivity index (χ0) is 29.3. The molecule has 2 aromatic carbocycles. The van der Waals surface area contributed by atoms with Gasteiger partial charge in [0.25, 0.3) is 0 Å². The van der Waals surface area contributed by atoms with E-state index >= 15 is 4.39 Å². The molecule has 0 unspecified atom stereocenters. The number of pyridine rings is 1. The quantitative estimate of drug-likeness (QED) is 0.269. The van der Waals surface area contributed by atoms with Crippen molar-refractivity contribution in [3.05, 3.63) is 53.4 Å². The fourth-order valence-electron chi connectivity index (χ4n) is 8.01. The molecule has 0 spiro atoms. The lowest BCUT2D eigenvalue weighted by Gasteiger charge is -2.31. The Morgan fingerprint density at radius 3 is 2.79 bits per heavy atom. The number of nitriles is 1. The topological polar surface area (TPSA) is 81.4 Å². The van der Waals surface area contributed by atoms with Crippen molar-refractivity contribution < 1.29 is 13.5 Å². The Bertz CT molecular complexity index is 1790. The summed E-state index contributed by atoms with van der Waals surface area (Å²) in [4.78, 5) is 20.2. The van der Waals surface area contributed by atoms with E-state index in [1.54, 1.807) is 12.3 Å². The van der Waals surface area contributed by atoms with Crippen LogP contribution >= 0.6 is 11.6 Å². The number of hydrogen-bond acceptors (Lipinski definition) is 8. The van der Waals surface area contributed by atoms with Crippen molar-refractivity contribution in [2.24, 2.45) is 0 Å². The molecule has 6 heterocycles. The highest BCUT2D eigenvalue weighted by atomic mass is 35.5. The van der Waals surface area contributed by atoms with Gasteiger partial charge >= 0.3 is 6.01 Å². The SMILES string of the molecule is N#CN1CC[C@H]2[C@@H]1CCN2c1nc(OC[C@@]23CCCN2C[C@H](F)C3)nc2c(F)c(-c3cccc4cccc(Cl)c34)ncc12. The van der Waals surface area contributed by atoms with Crippen LogP contribution in [0.5, 0.6) is 6.01 Å². The van der Waals surface area contributed by atoms with Gasteiger partial charge in [-0.3, -0.25) is 9.88 Å². The van der Waals surface area contributed by atoms with Crippen LogP contribution in [0.15, 0.2) is 42.6 Å². The molecule has 43 heavy (non-hydrogen) atoms. The summed E-state index contributed by atoms with van der Waals surface area (Å²) in [5.74, 6) is -0.0265. The average Bonchev–Trinajstić information content (AvgIpc) is 3.77. The number of rotatable bonds is 5. The van der Waals surface area contributed by atoms with E-state index in [1.165, 1.54) is 0 Å². The van der Waals surface area contributed by atoms with E-state index in [-0.39, 0.29) is 35.9 Å². The first-order chi connectivity index (χ1) is 21.0. The predicted octanol–water partition coefficient (Wildman–Crippen LogP) is 5.73. The lowest BCUT2D eigenvalue weighted by Crippen LogP contribution is -2.43. The fraction of sp³-hybridized carbons (Fsp3) is 0.438. The number of nitrogens with zero attached hydrogens (tertiary/aromatic N) is 7. The van der Waals surface area contributed by atoms with E-state index in [9.17, 15) is 9.65 Å². The van der Waals surface area contributed by atoms with E-state index < -0.39 is 17.5 Å². The van der Waals surface area contributed by atoms with Gasteiger partial charge < -0.3 is 14.5 Å². The minimum absolute atomic E-state index is 0.0660. The Kier molecular flexibility index (Phi) is 6.31. The number of anilines is 1. The Morgan fingerprint density at radius 1 is 1.09 bits per heavy atom. The number of benzene rings is 2. The van der Waals surface area contributed by atoms with Crippen LogP contribution in [0.1, 0.15) is 32.1 Å². The molecule has 0 saturated carbocycles. The number of aromatic nitrogens is 3. The smallest absolute Gasteiger partial charge is 0.319 e. The summed E-state index contributed by atoms with van der Waals surface area (Å²) in [5, 5.41) is 12.2. The molecule has 8 rings (SSSR count). The third-order valence-corrected chi connectivity index (χ3v) is 10.3. The molecule has 220 valence electrons. The molecular formula is C32H30ClF2N7O.